The van der Waals surface area contributed by atoms with Gasteiger partial charge in [-0.3, -0.25) is 4.99 Å². The Morgan fingerprint density at radius 2 is 1.76 bits per heavy atom. The number of carbonyl (C=O) groups excluding carboxylic acids is 1. The molecule has 108 valence electrons. The molecule has 4 heteroatoms. The van der Waals surface area contributed by atoms with Crippen LogP contribution in [0.15, 0.2) is 53.5 Å². The Labute approximate surface area is 124 Å². The fourth-order valence-electron chi connectivity index (χ4n) is 1.77. The molecule has 0 N–H and O–H groups in total. The second kappa shape index (κ2) is 7.24. The van der Waals surface area contributed by atoms with Gasteiger partial charge in [-0.25, -0.2) is 4.79 Å². The summed E-state index contributed by atoms with van der Waals surface area (Å²) in [6, 6.07) is 14.6. The van der Waals surface area contributed by atoms with Gasteiger partial charge in [0.1, 0.15) is 5.75 Å². The maximum absolute atomic E-state index is 11.3. The largest absolute Gasteiger partial charge is 0.494 e. The Bertz CT molecular complexity index is 615. The van der Waals surface area contributed by atoms with E-state index in [2.05, 4.69) is 9.73 Å². The quantitative estimate of drug-likeness (QED) is 0.622. The Balaban J connectivity index is 2.05. The summed E-state index contributed by atoms with van der Waals surface area (Å²) in [7, 11) is 1.36. The van der Waals surface area contributed by atoms with Crippen LogP contribution in [0, 0.1) is 0 Å². The summed E-state index contributed by atoms with van der Waals surface area (Å²) in [5.74, 6) is 0.495. The summed E-state index contributed by atoms with van der Waals surface area (Å²) in [5, 5.41) is 0. The molecule has 21 heavy (non-hydrogen) atoms. The van der Waals surface area contributed by atoms with Crippen molar-refractivity contribution in [3.05, 3.63) is 59.7 Å². The van der Waals surface area contributed by atoms with Crippen LogP contribution >= 0.6 is 0 Å². The van der Waals surface area contributed by atoms with E-state index in [1.54, 1.807) is 30.5 Å². The molecule has 0 atom stereocenters. The molecule has 0 aromatic heterocycles. The van der Waals surface area contributed by atoms with E-state index in [9.17, 15) is 4.79 Å². The zero-order valence-electron chi connectivity index (χ0n) is 12.1. The standard InChI is InChI=1S/C17H17NO3/c1-3-21-16-10-4-13(5-11-16)12-18-15-8-6-14(7-9-15)17(19)20-2/h4-12H,3H2,1-2H3. The summed E-state index contributed by atoms with van der Waals surface area (Å²) in [4.78, 5) is 15.7. The van der Waals surface area contributed by atoms with Crippen molar-refractivity contribution in [3.63, 3.8) is 0 Å². The van der Waals surface area contributed by atoms with E-state index in [1.807, 2.05) is 31.2 Å². The number of nitrogens with zero attached hydrogens (tertiary/aromatic N) is 1. The summed E-state index contributed by atoms with van der Waals surface area (Å²) >= 11 is 0. The van der Waals surface area contributed by atoms with Crippen molar-refractivity contribution >= 4 is 17.9 Å². The Kier molecular flexibility index (Phi) is 5.10. The third kappa shape index (κ3) is 4.18. The van der Waals surface area contributed by atoms with E-state index in [0.717, 1.165) is 17.0 Å². The third-order valence-corrected chi connectivity index (χ3v) is 2.84. The summed E-state index contributed by atoms with van der Waals surface area (Å²) in [6.45, 7) is 2.60. The van der Waals surface area contributed by atoms with Gasteiger partial charge >= 0.3 is 5.97 Å². The van der Waals surface area contributed by atoms with Gasteiger partial charge < -0.3 is 9.47 Å². The first-order chi connectivity index (χ1) is 10.2. The molecule has 0 saturated heterocycles. The van der Waals surface area contributed by atoms with Crippen LogP contribution in [0.3, 0.4) is 0 Å². The number of hydrogen-bond donors (Lipinski definition) is 0. The van der Waals surface area contributed by atoms with Crippen molar-refractivity contribution in [3.8, 4) is 5.75 Å². The highest BCUT2D eigenvalue weighted by Crippen LogP contribution is 2.15. The van der Waals surface area contributed by atoms with Crippen LogP contribution in [0.5, 0.6) is 5.75 Å². The topological polar surface area (TPSA) is 47.9 Å². The monoisotopic (exact) mass is 283 g/mol. The predicted molar refractivity (Wildman–Crippen MR) is 82.6 cm³/mol. The van der Waals surface area contributed by atoms with Gasteiger partial charge in [-0.2, -0.15) is 0 Å². The van der Waals surface area contributed by atoms with Crippen molar-refractivity contribution < 1.29 is 14.3 Å². The number of esters is 1. The second-order valence-corrected chi connectivity index (χ2v) is 4.30. The highest BCUT2D eigenvalue weighted by molar-refractivity contribution is 5.90. The lowest BCUT2D eigenvalue weighted by molar-refractivity contribution is 0.0601. The highest BCUT2D eigenvalue weighted by atomic mass is 16.5. The highest BCUT2D eigenvalue weighted by Gasteiger charge is 2.03. The van der Waals surface area contributed by atoms with E-state index in [-0.39, 0.29) is 5.97 Å². The van der Waals surface area contributed by atoms with Crippen molar-refractivity contribution in [2.75, 3.05) is 13.7 Å². The van der Waals surface area contributed by atoms with Crippen LogP contribution in [0.1, 0.15) is 22.8 Å². The first-order valence-electron chi connectivity index (χ1n) is 6.68. The van der Waals surface area contributed by atoms with Gasteiger partial charge in [-0.15, -0.1) is 0 Å². The molecule has 2 aromatic carbocycles. The molecule has 2 aromatic rings. The van der Waals surface area contributed by atoms with E-state index in [1.165, 1.54) is 7.11 Å². The van der Waals surface area contributed by atoms with Crippen LogP contribution in [-0.4, -0.2) is 25.9 Å². The third-order valence-electron chi connectivity index (χ3n) is 2.84. The molecule has 4 nitrogen and oxygen atoms in total. The first-order valence-corrected chi connectivity index (χ1v) is 6.68. The van der Waals surface area contributed by atoms with Gasteiger partial charge in [-0.1, -0.05) is 0 Å². The number of carbonyl (C=O) groups is 1. The first kappa shape index (κ1) is 14.8. The molecule has 0 amide bonds. The molecule has 0 unspecified atom stereocenters. The SMILES string of the molecule is CCOc1ccc(C=Nc2ccc(C(=O)OC)cc2)cc1. The van der Waals surface area contributed by atoms with Crippen LogP contribution in [0.2, 0.25) is 0 Å². The lowest BCUT2D eigenvalue weighted by Gasteiger charge is -2.02. The molecule has 0 spiro atoms. The molecular weight excluding hydrogens is 266 g/mol. The van der Waals surface area contributed by atoms with Crippen LogP contribution in [-0.2, 0) is 4.74 Å². The second-order valence-electron chi connectivity index (χ2n) is 4.30. The number of aliphatic imine (C=N–C) groups is 1. The van der Waals surface area contributed by atoms with E-state index >= 15 is 0 Å². The minimum Gasteiger partial charge on any atom is -0.494 e. The average Bonchev–Trinajstić information content (AvgIpc) is 2.54. The molecule has 0 aliphatic heterocycles. The molecular formula is C17H17NO3. The van der Waals surface area contributed by atoms with Crippen LogP contribution in [0.4, 0.5) is 5.69 Å². The van der Waals surface area contributed by atoms with E-state index < -0.39 is 0 Å². The van der Waals surface area contributed by atoms with Gasteiger partial charge in [0.2, 0.25) is 0 Å². The lowest BCUT2D eigenvalue weighted by Crippen LogP contribution is -1.99. The summed E-state index contributed by atoms with van der Waals surface area (Å²) in [6.07, 6.45) is 1.77. The number of methoxy groups -OCH3 is 1. The van der Waals surface area contributed by atoms with Gasteiger partial charge in [0.15, 0.2) is 0 Å². The average molecular weight is 283 g/mol. The number of rotatable bonds is 5. The molecule has 2 rings (SSSR count). The Morgan fingerprint density at radius 3 is 2.33 bits per heavy atom. The molecule has 0 heterocycles. The van der Waals surface area contributed by atoms with E-state index in [0.29, 0.717) is 12.2 Å². The fourth-order valence-corrected chi connectivity index (χ4v) is 1.77. The van der Waals surface area contributed by atoms with E-state index in [4.69, 9.17) is 4.74 Å². The molecule has 0 saturated carbocycles. The van der Waals surface area contributed by atoms with Crippen LogP contribution in [0.25, 0.3) is 0 Å². The van der Waals surface area contributed by atoms with Crippen molar-refractivity contribution in [1.29, 1.82) is 0 Å². The van der Waals surface area contributed by atoms with Crippen molar-refractivity contribution in [2.24, 2.45) is 4.99 Å². The van der Waals surface area contributed by atoms with Gasteiger partial charge in [0, 0.05) is 6.21 Å². The normalized spacial score (nSPS) is 10.6. The minimum atomic E-state index is -0.350. The van der Waals surface area contributed by atoms with Gasteiger partial charge in [0.25, 0.3) is 0 Å². The van der Waals surface area contributed by atoms with Crippen molar-refractivity contribution in [2.45, 2.75) is 6.92 Å². The maximum atomic E-state index is 11.3. The van der Waals surface area contributed by atoms with Crippen molar-refractivity contribution in [1.82, 2.24) is 0 Å². The zero-order valence-corrected chi connectivity index (χ0v) is 12.1. The lowest BCUT2D eigenvalue weighted by atomic mass is 10.2. The molecule has 0 fully saturated rings. The summed E-state index contributed by atoms with van der Waals surface area (Å²) < 4.78 is 10.0. The number of ether oxygens (including phenoxy) is 2. The minimum absolute atomic E-state index is 0.350. The Morgan fingerprint density at radius 1 is 1.10 bits per heavy atom. The summed E-state index contributed by atoms with van der Waals surface area (Å²) in [5.41, 5.74) is 2.27. The zero-order chi connectivity index (χ0) is 15.1. The fraction of sp³-hybridized carbons (Fsp3) is 0.176. The number of benzene rings is 2. The maximum Gasteiger partial charge on any atom is 0.337 e. The molecule has 0 aliphatic carbocycles. The molecule has 0 bridgehead atoms. The molecule has 0 radical (unpaired) electrons. The predicted octanol–water partition coefficient (Wildman–Crippen LogP) is 3.62. The van der Waals surface area contributed by atoms with Gasteiger partial charge in [-0.05, 0) is 61.0 Å². The Hall–Kier alpha value is -2.62. The smallest absolute Gasteiger partial charge is 0.337 e. The molecule has 0 aliphatic rings. The number of hydrogen-bond acceptors (Lipinski definition) is 4. The van der Waals surface area contributed by atoms with Crippen LogP contribution < -0.4 is 4.74 Å². The van der Waals surface area contributed by atoms with Gasteiger partial charge in [0.05, 0.1) is 25.0 Å².